The fraction of sp³-hybridized carbons (Fsp3) is 0.400. The average Bonchev–Trinajstić information content (AvgIpc) is 2.51. The van der Waals surface area contributed by atoms with Crippen LogP contribution in [0.4, 0.5) is 0 Å². The van der Waals surface area contributed by atoms with E-state index in [2.05, 4.69) is 10.6 Å². The summed E-state index contributed by atoms with van der Waals surface area (Å²) in [5.41, 5.74) is 6.48. The van der Waals surface area contributed by atoms with Gasteiger partial charge in [0.15, 0.2) is 0 Å². The van der Waals surface area contributed by atoms with Crippen LogP contribution in [0.25, 0.3) is 0 Å². The van der Waals surface area contributed by atoms with Gasteiger partial charge in [0.25, 0.3) is 0 Å². The Balaban J connectivity index is 2.64. The van der Waals surface area contributed by atoms with Crippen molar-refractivity contribution in [1.29, 1.82) is 0 Å². The number of aliphatic hydroxyl groups is 1. The number of carbonyl (C=O) groups is 3. The largest absolute Gasteiger partial charge is 0.508 e. The molecule has 0 aliphatic heterocycles. The Bertz CT molecular complexity index is 587. The molecule has 0 heterocycles. The Labute approximate surface area is 138 Å². The van der Waals surface area contributed by atoms with E-state index in [-0.39, 0.29) is 12.2 Å². The first-order valence-corrected chi connectivity index (χ1v) is 7.22. The van der Waals surface area contributed by atoms with Gasteiger partial charge in [-0.1, -0.05) is 12.1 Å². The molecule has 7 N–H and O–H groups in total. The van der Waals surface area contributed by atoms with Crippen molar-refractivity contribution < 1.29 is 29.7 Å². The minimum absolute atomic E-state index is 0.0843. The van der Waals surface area contributed by atoms with Crippen LogP contribution in [0.1, 0.15) is 12.5 Å². The molecule has 0 aromatic heterocycles. The molecule has 0 unspecified atom stereocenters. The van der Waals surface area contributed by atoms with E-state index < -0.39 is 42.5 Å². The number of aliphatic carboxylic acids is 1. The maximum absolute atomic E-state index is 12.1. The van der Waals surface area contributed by atoms with Gasteiger partial charge in [-0.05, 0) is 31.0 Å². The van der Waals surface area contributed by atoms with E-state index in [0.717, 1.165) is 0 Å². The van der Waals surface area contributed by atoms with Crippen LogP contribution >= 0.6 is 0 Å². The highest BCUT2D eigenvalue weighted by Gasteiger charge is 2.27. The van der Waals surface area contributed by atoms with E-state index in [1.54, 1.807) is 12.1 Å². The number of hydrogen-bond acceptors (Lipinski definition) is 6. The van der Waals surface area contributed by atoms with Crippen molar-refractivity contribution in [3.63, 3.8) is 0 Å². The Hall–Kier alpha value is -2.65. The average molecular weight is 339 g/mol. The zero-order chi connectivity index (χ0) is 18.3. The fourth-order valence-corrected chi connectivity index (χ4v) is 1.92. The molecule has 3 atom stereocenters. The highest BCUT2D eigenvalue weighted by atomic mass is 16.4. The van der Waals surface area contributed by atoms with Crippen LogP contribution in [0.5, 0.6) is 5.75 Å². The zero-order valence-corrected chi connectivity index (χ0v) is 13.1. The summed E-state index contributed by atoms with van der Waals surface area (Å²) in [5.74, 6) is -2.65. The summed E-state index contributed by atoms with van der Waals surface area (Å²) in [6.45, 7) is 0.661. The highest BCUT2D eigenvalue weighted by Crippen LogP contribution is 2.11. The van der Waals surface area contributed by atoms with Crippen molar-refractivity contribution >= 4 is 17.8 Å². The molecule has 1 aromatic carbocycles. The molecule has 0 radical (unpaired) electrons. The number of hydrogen-bond donors (Lipinski definition) is 6. The van der Waals surface area contributed by atoms with Crippen LogP contribution in [0.15, 0.2) is 24.3 Å². The fourth-order valence-electron chi connectivity index (χ4n) is 1.92. The number of rotatable bonds is 8. The molecular formula is C15H21N3O6. The summed E-state index contributed by atoms with van der Waals surface area (Å²) in [6.07, 6.45) is -1.07. The SMILES string of the molecule is C[C@@H](O)[C@H](NC(=O)[C@@H](N)Cc1ccc(O)cc1)C(=O)NCC(=O)O. The first-order valence-electron chi connectivity index (χ1n) is 7.22. The summed E-state index contributed by atoms with van der Waals surface area (Å²) < 4.78 is 0. The smallest absolute Gasteiger partial charge is 0.322 e. The van der Waals surface area contributed by atoms with Gasteiger partial charge in [0.05, 0.1) is 12.1 Å². The number of carboxylic acid groups (broad SMARTS) is 1. The molecule has 0 aliphatic carbocycles. The Morgan fingerprint density at radius 3 is 2.25 bits per heavy atom. The molecule has 24 heavy (non-hydrogen) atoms. The quantitative estimate of drug-likeness (QED) is 0.330. The number of aliphatic hydroxyl groups excluding tert-OH is 1. The van der Waals surface area contributed by atoms with E-state index in [9.17, 15) is 24.6 Å². The van der Waals surface area contributed by atoms with E-state index in [4.69, 9.17) is 10.8 Å². The molecule has 0 aliphatic rings. The van der Waals surface area contributed by atoms with Crippen LogP contribution in [0.3, 0.4) is 0 Å². The second kappa shape index (κ2) is 8.85. The molecule has 0 saturated heterocycles. The topological polar surface area (TPSA) is 162 Å². The van der Waals surface area contributed by atoms with Gasteiger partial charge in [-0.15, -0.1) is 0 Å². The summed E-state index contributed by atoms with van der Waals surface area (Å²) in [4.78, 5) is 34.4. The molecule has 9 nitrogen and oxygen atoms in total. The monoisotopic (exact) mass is 339 g/mol. The lowest BCUT2D eigenvalue weighted by Gasteiger charge is -2.22. The van der Waals surface area contributed by atoms with Gasteiger partial charge in [-0.25, -0.2) is 0 Å². The molecule has 1 rings (SSSR count). The van der Waals surface area contributed by atoms with Crippen molar-refractivity contribution in [3.05, 3.63) is 29.8 Å². The number of phenols is 1. The van der Waals surface area contributed by atoms with Gasteiger partial charge in [-0.2, -0.15) is 0 Å². The van der Waals surface area contributed by atoms with Crippen molar-refractivity contribution in [2.45, 2.75) is 31.5 Å². The zero-order valence-electron chi connectivity index (χ0n) is 13.1. The standard InChI is InChI=1S/C15H21N3O6/c1-8(19)13(15(24)17-7-12(21)22)18-14(23)11(16)6-9-2-4-10(20)5-3-9/h2-5,8,11,13,19-20H,6-7,16H2,1H3,(H,17,24)(H,18,23)(H,21,22)/t8-,11+,13+/m1/s1. The minimum Gasteiger partial charge on any atom is -0.508 e. The van der Waals surface area contributed by atoms with Gasteiger partial charge in [0, 0.05) is 0 Å². The summed E-state index contributed by atoms with van der Waals surface area (Å²) in [6, 6.07) is 3.82. The Morgan fingerprint density at radius 2 is 1.75 bits per heavy atom. The van der Waals surface area contributed by atoms with Gasteiger partial charge < -0.3 is 31.7 Å². The van der Waals surface area contributed by atoms with Crippen LogP contribution in [-0.2, 0) is 20.8 Å². The lowest BCUT2D eigenvalue weighted by molar-refractivity contribution is -0.139. The predicted octanol–water partition coefficient (Wildman–Crippen LogP) is -1.67. The number of carboxylic acids is 1. The highest BCUT2D eigenvalue weighted by molar-refractivity contribution is 5.91. The van der Waals surface area contributed by atoms with Crippen molar-refractivity contribution in [3.8, 4) is 5.75 Å². The van der Waals surface area contributed by atoms with E-state index in [0.29, 0.717) is 5.56 Å². The molecule has 1 aromatic rings. The molecule has 0 fully saturated rings. The second-order valence-corrected chi connectivity index (χ2v) is 5.32. The van der Waals surface area contributed by atoms with Crippen LogP contribution in [0.2, 0.25) is 0 Å². The third-order valence-corrected chi connectivity index (χ3v) is 3.21. The molecular weight excluding hydrogens is 318 g/mol. The number of nitrogens with two attached hydrogens (primary N) is 1. The minimum atomic E-state index is -1.32. The number of phenolic OH excluding ortho intramolecular Hbond substituents is 1. The normalized spacial score (nSPS) is 14.3. The van der Waals surface area contributed by atoms with E-state index in [1.165, 1.54) is 19.1 Å². The number of aromatic hydroxyl groups is 1. The lowest BCUT2D eigenvalue weighted by atomic mass is 10.0. The Kier molecular flexibility index (Phi) is 7.15. The van der Waals surface area contributed by atoms with E-state index in [1.807, 2.05) is 0 Å². The summed E-state index contributed by atoms with van der Waals surface area (Å²) in [5, 5.41) is 31.7. The van der Waals surface area contributed by atoms with E-state index >= 15 is 0 Å². The van der Waals surface area contributed by atoms with Crippen LogP contribution in [-0.4, -0.2) is 57.8 Å². The van der Waals surface area contributed by atoms with Gasteiger partial charge in [-0.3, -0.25) is 14.4 Å². The van der Waals surface area contributed by atoms with Crippen LogP contribution in [0, 0.1) is 0 Å². The first kappa shape index (κ1) is 19.4. The van der Waals surface area contributed by atoms with Gasteiger partial charge in [0.2, 0.25) is 11.8 Å². The third-order valence-electron chi connectivity index (χ3n) is 3.21. The summed E-state index contributed by atoms with van der Waals surface area (Å²) >= 11 is 0. The summed E-state index contributed by atoms with van der Waals surface area (Å²) in [7, 11) is 0. The van der Waals surface area contributed by atoms with Crippen molar-refractivity contribution in [1.82, 2.24) is 10.6 Å². The number of nitrogens with one attached hydrogen (secondary N) is 2. The Morgan fingerprint density at radius 1 is 1.17 bits per heavy atom. The maximum atomic E-state index is 12.1. The van der Waals surface area contributed by atoms with Gasteiger partial charge in [0.1, 0.15) is 18.3 Å². The number of amides is 2. The predicted molar refractivity (Wildman–Crippen MR) is 84.0 cm³/mol. The lowest BCUT2D eigenvalue weighted by Crippen LogP contribution is -2.56. The molecule has 0 bridgehead atoms. The van der Waals surface area contributed by atoms with Crippen LogP contribution < -0.4 is 16.4 Å². The number of carbonyl (C=O) groups excluding carboxylic acids is 2. The molecule has 132 valence electrons. The number of benzene rings is 1. The molecule has 9 heteroatoms. The maximum Gasteiger partial charge on any atom is 0.322 e. The third kappa shape index (κ3) is 6.23. The molecule has 0 saturated carbocycles. The second-order valence-electron chi connectivity index (χ2n) is 5.32. The molecule has 0 spiro atoms. The molecule has 2 amide bonds. The van der Waals surface area contributed by atoms with Gasteiger partial charge >= 0.3 is 5.97 Å². The van der Waals surface area contributed by atoms with Crippen molar-refractivity contribution in [2.24, 2.45) is 5.73 Å². The van der Waals surface area contributed by atoms with Crippen molar-refractivity contribution in [2.75, 3.05) is 6.54 Å². The first-order chi connectivity index (χ1) is 11.2.